The summed E-state index contributed by atoms with van der Waals surface area (Å²) in [6, 6.07) is 9.34. The minimum Gasteiger partial charge on any atom is -0.450 e. The second-order valence-electron chi connectivity index (χ2n) is 5.00. The lowest BCUT2D eigenvalue weighted by Gasteiger charge is -2.19. The summed E-state index contributed by atoms with van der Waals surface area (Å²) >= 11 is 0. The van der Waals surface area contributed by atoms with Crippen LogP contribution >= 0.6 is 0 Å². The van der Waals surface area contributed by atoms with E-state index in [9.17, 15) is 4.79 Å². The summed E-state index contributed by atoms with van der Waals surface area (Å²) in [5.41, 5.74) is 0. The number of para-hydroxylation sites is 2. The summed E-state index contributed by atoms with van der Waals surface area (Å²) in [6.45, 7) is 0. The van der Waals surface area contributed by atoms with Crippen molar-refractivity contribution in [3.63, 3.8) is 0 Å². The number of nitriles is 1. The van der Waals surface area contributed by atoms with Crippen molar-refractivity contribution in [2.75, 3.05) is 0 Å². The van der Waals surface area contributed by atoms with Crippen LogP contribution in [0.3, 0.4) is 0 Å². The number of fused-ring (bicyclic) bond motifs is 1. The molecular weight excluding hydrogens is 270 g/mol. The van der Waals surface area contributed by atoms with Gasteiger partial charge in [-0.15, -0.1) is 0 Å². The van der Waals surface area contributed by atoms with Gasteiger partial charge in [-0.25, -0.2) is 4.79 Å². The third-order valence-electron chi connectivity index (χ3n) is 3.49. The molecule has 2 aliphatic rings. The first-order valence-corrected chi connectivity index (χ1v) is 7.06. The molecule has 3 rings (SSSR count). The van der Waals surface area contributed by atoms with Gasteiger partial charge in [0.2, 0.25) is 0 Å². The molecule has 108 valence electrons. The highest BCUT2D eigenvalue weighted by Gasteiger charge is 2.41. The van der Waals surface area contributed by atoms with E-state index in [1.54, 1.807) is 12.1 Å². The van der Waals surface area contributed by atoms with Crippen LogP contribution < -0.4 is 9.47 Å². The van der Waals surface area contributed by atoms with E-state index in [0.29, 0.717) is 30.1 Å². The average Bonchev–Trinajstić information content (AvgIpc) is 2.81. The number of carbonyl (C=O) groups excluding carboxylic acids is 1. The Bertz CT molecular complexity index is 629. The summed E-state index contributed by atoms with van der Waals surface area (Å²) < 4.78 is 16.7. The molecule has 0 spiro atoms. The Hall–Kier alpha value is -2.48. The quantitative estimate of drug-likeness (QED) is 0.614. The lowest BCUT2D eigenvalue weighted by Crippen LogP contribution is -2.17. The van der Waals surface area contributed by atoms with E-state index >= 15 is 0 Å². The number of nitrogens with zero attached hydrogens (tertiary/aromatic N) is 1. The lowest BCUT2D eigenvalue weighted by molar-refractivity contribution is -0.142. The van der Waals surface area contributed by atoms with E-state index in [1.807, 2.05) is 12.1 Å². The first-order valence-electron chi connectivity index (χ1n) is 7.06. The Morgan fingerprint density at radius 2 is 1.86 bits per heavy atom. The predicted molar refractivity (Wildman–Crippen MR) is 73.3 cm³/mol. The number of hydrogen-bond acceptors (Lipinski definition) is 5. The van der Waals surface area contributed by atoms with Gasteiger partial charge in [0.05, 0.1) is 6.07 Å². The van der Waals surface area contributed by atoms with Crippen molar-refractivity contribution >= 4 is 5.97 Å². The van der Waals surface area contributed by atoms with E-state index in [0.717, 1.165) is 19.3 Å². The number of benzene rings is 1. The zero-order chi connectivity index (χ0) is 14.7. The average molecular weight is 285 g/mol. The smallest absolute Gasteiger partial charge is 0.378 e. The molecule has 0 radical (unpaired) electrons. The number of cyclic esters (lactones) is 1. The van der Waals surface area contributed by atoms with Crippen molar-refractivity contribution in [1.82, 2.24) is 0 Å². The summed E-state index contributed by atoms with van der Waals surface area (Å²) in [6.07, 6.45) is 3.53. The first-order chi connectivity index (χ1) is 10.3. The molecule has 0 saturated heterocycles. The Kier molecular flexibility index (Phi) is 3.78. The number of carbonyl (C=O) groups is 1. The van der Waals surface area contributed by atoms with Crippen LogP contribution in [0.15, 0.2) is 35.8 Å². The molecule has 2 heterocycles. The van der Waals surface area contributed by atoms with E-state index in [2.05, 4.69) is 6.07 Å². The second-order valence-corrected chi connectivity index (χ2v) is 5.00. The maximum atomic E-state index is 11.8. The van der Waals surface area contributed by atoms with Gasteiger partial charge in [-0.2, -0.15) is 5.26 Å². The van der Waals surface area contributed by atoms with Crippen LogP contribution in [0, 0.1) is 11.3 Å². The van der Waals surface area contributed by atoms with Crippen LogP contribution in [-0.4, -0.2) is 12.1 Å². The molecule has 0 amide bonds. The monoisotopic (exact) mass is 285 g/mol. The van der Waals surface area contributed by atoms with Gasteiger partial charge in [0.1, 0.15) is 0 Å². The first kappa shape index (κ1) is 13.5. The standard InChI is InChI=1S/C16H15NO4/c17-10-6-2-1-3-9-13-14-15(16(18)21-13)20-12-8-5-4-7-11(12)19-14/h4-5,7-8,13H,1-3,6,9H2. The fourth-order valence-corrected chi connectivity index (χ4v) is 2.43. The topological polar surface area (TPSA) is 68.5 Å². The van der Waals surface area contributed by atoms with E-state index in [1.165, 1.54) is 0 Å². The van der Waals surface area contributed by atoms with Gasteiger partial charge in [0, 0.05) is 6.42 Å². The third-order valence-corrected chi connectivity index (χ3v) is 3.49. The molecule has 1 aromatic rings. The molecule has 21 heavy (non-hydrogen) atoms. The summed E-state index contributed by atoms with van der Waals surface area (Å²) in [7, 11) is 0. The van der Waals surface area contributed by atoms with E-state index < -0.39 is 5.97 Å². The summed E-state index contributed by atoms with van der Waals surface area (Å²) in [5.74, 6) is 1.29. The van der Waals surface area contributed by atoms with Crippen LogP contribution in [0.2, 0.25) is 0 Å². The lowest BCUT2D eigenvalue weighted by atomic mass is 10.1. The van der Waals surface area contributed by atoms with Gasteiger partial charge in [0.15, 0.2) is 23.4 Å². The molecule has 0 saturated carbocycles. The van der Waals surface area contributed by atoms with Gasteiger partial charge in [0.25, 0.3) is 5.76 Å². The fraction of sp³-hybridized carbons (Fsp3) is 0.375. The minimum atomic E-state index is -0.471. The normalized spacial score (nSPS) is 19.0. The molecule has 5 heteroatoms. The number of hydrogen-bond donors (Lipinski definition) is 0. The number of ether oxygens (including phenoxy) is 3. The largest absolute Gasteiger partial charge is 0.450 e. The van der Waals surface area contributed by atoms with Crippen molar-refractivity contribution in [3.8, 4) is 17.6 Å². The maximum absolute atomic E-state index is 11.8. The van der Waals surface area contributed by atoms with Gasteiger partial charge in [-0.3, -0.25) is 0 Å². The van der Waals surface area contributed by atoms with Crippen LogP contribution in [0.4, 0.5) is 0 Å². The predicted octanol–water partition coefficient (Wildman–Crippen LogP) is 3.07. The van der Waals surface area contributed by atoms with Crippen molar-refractivity contribution in [3.05, 3.63) is 35.8 Å². The van der Waals surface area contributed by atoms with Crippen LogP contribution in [0.1, 0.15) is 32.1 Å². The SMILES string of the molecule is N#CCCCCCC1OC(=O)C2=C1Oc1ccccc1O2. The Labute approximate surface area is 122 Å². The molecule has 1 unspecified atom stereocenters. The van der Waals surface area contributed by atoms with Crippen molar-refractivity contribution in [2.24, 2.45) is 0 Å². The van der Waals surface area contributed by atoms with Crippen LogP contribution in [-0.2, 0) is 9.53 Å². The maximum Gasteiger partial charge on any atom is 0.378 e. The number of esters is 1. The zero-order valence-electron chi connectivity index (χ0n) is 11.5. The van der Waals surface area contributed by atoms with Crippen LogP contribution in [0.25, 0.3) is 0 Å². The van der Waals surface area contributed by atoms with E-state index in [4.69, 9.17) is 19.5 Å². The molecule has 0 aromatic heterocycles. The minimum absolute atomic E-state index is 0.163. The molecular formula is C16H15NO4. The van der Waals surface area contributed by atoms with Gasteiger partial charge < -0.3 is 14.2 Å². The number of rotatable bonds is 5. The highest BCUT2D eigenvalue weighted by Crippen LogP contribution is 2.40. The molecule has 0 fully saturated rings. The summed E-state index contributed by atoms with van der Waals surface area (Å²) in [5, 5.41) is 8.50. The third kappa shape index (κ3) is 2.70. The van der Waals surface area contributed by atoms with E-state index in [-0.39, 0.29) is 11.9 Å². The molecule has 0 N–H and O–H groups in total. The second kappa shape index (κ2) is 5.88. The van der Waals surface area contributed by atoms with Crippen molar-refractivity contribution in [1.29, 1.82) is 5.26 Å². The van der Waals surface area contributed by atoms with Gasteiger partial charge in [-0.05, 0) is 31.4 Å². The fourth-order valence-electron chi connectivity index (χ4n) is 2.43. The van der Waals surface area contributed by atoms with Gasteiger partial charge >= 0.3 is 5.97 Å². The highest BCUT2D eigenvalue weighted by atomic mass is 16.6. The highest BCUT2D eigenvalue weighted by molar-refractivity contribution is 5.90. The number of unbranched alkanes of at least 4 members (excludes halogenated alkanes) is 3. The summed E-state index contributed by atoms with van der Waals surface area (Å²) in [4.78, 5) is 11.8. The zero-order valence-corrected chi connectivity index (χ0v) is 11.5. The molecule has 5 nitrogen and oxygen atoms in total. The molecule has 1 aromatic carbocycles. The van der Waals surface area contributed by atoms with Crippen LogP contribution in [0.5, 0.6) is 11.5 Å². The molecule has 1 atom stereocenters. The van der Waals surface area contributed by atoms with Crippen molar-refractivity contribution in [2.45, 2.75) is 38.2 Å². The molecule has 0 aliphatic carbocycles. The molecule has 2 aliphatic heterocycles. The Morgan fingerprint density at radius 1 is 1.10 bits per heavy atom. The molecule has 0 bridgehead atoms. The van der Waals surface area contributed by atoms with Crippen molar-refractivity contribution < 1.29 is 19.0 Å². The van der Waals surface area contributed by atoms with Gasteiger partial charge in [-0.1, -0.05) is 18.6 Å². The Morgan fingerprint density at radius 3 is 2.62 bits per heavy atom. The Balaban J connectivity index is 1.65.